The Morgan fingerprint density at radius 3 is 2.15 bits per heavy atom. The molecule has 2 N–H and O–H groups in total. The minimum atomic E-state index is -3.23. The molecule has 0 bridgehead atoms. The highest BCUT2D eigenvalue weighted by Gasteiger charge is 2.09. The average Bonchev–Trinajstić information content (AvgIpc) is 2.35. The minimum absolute atomic E-state index is 0.215. The average molecular weight is 332 g/mol. The Labute approximate surface area is 127 Å². The van der Waals surface area contributed by atoms with Gasteiger partial charge in [0.25, 0.3) is 0 Å². The largest absolute Gasteiger partial charge is 0.455 e. The van der Waals surface area contributed by atoms with E-state index in [0.29, 0.717) is 27.2 Å². The van der Waals surface area contributed by atoms with E-state index < -0.39 is 9.84 Å². The second kappa shape index (κ2) is 5.52. The lowest BCUT2D eigenvalue weighted by Gasteiger charge is -2.10. The number of nitrogens with two attached hydrogens (primary N) is 1. The summed E-state index contributed by atoms with van der Waals surface area (Å²) in [7, 11) is -3.23. The Kier molecular flexibility index (Phi) is 4.13. The molecule has 0 heterocycles. The van der Waals surface area contributed by atoms with Gasteiger partial charge in [0.15, 0.2) is 15.6 Å². The van der Waals surface area contributed by atoms with E-state index in [-0.39, 0.29) is 4.90 Å². The summed E-state index contributed by atoms with van der Waals surface area (Å²) >= 11 is 11.7. The van der Waals surface area contributed by atoms with Crippen molar-refractivity contribution in [2.24, 2.45) is 0 Å². The molecular weight excluding hydrogens is 321 g/mol. The first-order valence-corrected chi connectivity index (χ1v) is 8.14. The third-order valence-corrected chi connectivity index (χ3v) is 4.38. The van der Waals surface area contributed by atoms with Gasteiger partial charge in [0.05, 0.1) is 20.6 Å². The van der Waals surface area contributed by atoms with Crippen molar-refractivity contribution in [3.63, 3.8) is 0 Å². The first kappa shape index (κ1) is 15.0. The van der Waals surface area contributed by atoms with E-state index in [1.54, 1.807) is 12.1 Å². The molecule has 0 saturated heterocycles. The van der Waals surface area contributed by atoms with Crippen LogP contribution in [0.5, 0.6) is 11.5 Å². The van der Waals surface area contributed by atoms with Gasteiger partial charge in [-0.15, -0.1) is 0 Å². The second-order valence-electron chi connectivity index (χ2n) is 4.15. The summed E-state index contributed by atoms with van der Waals surface area (Å²) < 4.78 is 28.2. The predicted octanol–water partition coefficient (Wildman–Crippen LogP) is 3.77. The summed E-state index contributed by atoms with van der Waals surface area (Å²) in [5.74, 6) is 0.800. The van der Waals surface area contributed by atoms with Gasteiger partial charge < -0.3 is 10.5 Å². The Bertz CT molecular complexity index is 743. The fourth-order valence-electron chi connectivity index (χ4n) is 1.51. The second-order valence-corrected chi connectivity index (χ2v) is 6.98. The Hall–Kier alpha value is -1.43. The smallest absolute Gasteiger partial charge is 0.175 e. The van der Waals surface area contributed by atoms with Gasteiger partial charge in [-0.05, 0) is 30.3 Å². The van der Waals surface area contributed by atoms with Crippen LogP contribution in [0.1, 0.15) is 0 Å². The summed E-state index contributed by atoms with van der Waals surface area (Å²) in [6.07, 6.45) is 1.14. The van der Waals surface area contributed by atoms with Gasteiger partial charge in [-0.3, -0.25) is 0 Å². The standard InChI is InChI=1S/C13H11Cl2NO3S/c1-20(17,18)9-4-2-8(3-5-9)19-13-7-11(15)10(14)6-12(13)16/h2-7H,16H2,1H3. The van der Waals surface area contributed by atoms with Crippen molar-refractivity contribution in [2.45, 2.75) is 4.90 Å². The molecule has 0 amide bonds. The van der Waals surface area contributed by atoms with Crippen molar-refractivity contribution < 1.29 is 13.2 Å². The summed E-state index contributed by atoms with van der Waals surface area (Å²) in [4.78, 5) is 0.215. The topological polar surface area (TPSA) is 69.4 Å². The lowest BCUT2D eigenvalue weighted by Crippen LogP contribution is -1.97. The third kappa shape index (κ3) is 3.36. The molecule has 0 atom stereocenters. The lowest BCUT2D eigenvalue weighted by atomic mass is 10.3. The first-order valence-electron chi connectivity index (χ1n) is 5.50. The SMILES string of the molecule is CS(=O)(=O)c1ccc(Oc2cc(Cl)c(Cl)cc2N)cc1. The quantitative estimate of drug-likeness (QED) is 0.869. The third-order valence-electron chi connectivity index (χ3n) is 2.53. The lowest BCUT2D eigenvalue weighted by molar-refractivity contribution is 0.484. The summed E-state index contributed by atoms with van der Waals surface area (Å²) in [5, 5.41) is 0.660. The molecule has 0 unspecified atom stereocenters. The summed E-state index contributed by atoms with van der Waals surface area (Å²) in [5.41, 5.74) is 6.11. The molecule has 4 nitrogen and oxygen atoms in total. The van der Waals surface area contributed by atoms with E-state index in [2.05, 4.69) is 0 Å². The molecule has 0 aliphatic heterocycles. The van der Waals surface area contributed by atoms with Crippen molar-refractivity contribution in [1.82, 2.24) is 0 Å². The van der Waals surface area contributed by atoms with E-state index in [4.69, 9.17) is 33.7 Å². The summed E-state index contributed by atoms with van der Waals surface area (Å²) in [6, 6.07) is 8.99. The van der Waals surface area contributed by atoms with Crippen molar-refractivity contribution in [1.29, 1.82) is 0 Å². The molecule has 0 aliphatic rings. The zero-order valence-corrected chi connectivity index (χ0v) is 12.8. The van der Waals surface area contributed by atoms with E-state index in [9.17, 15) is 8.42 Å². The van der Waals surface area contributed by atoms with Gasteiger partial charge in [-0.2, -0.15) is 0 Å². The Morgan fingerprint density at radius 1 is 1.05 bits per heavy atom. The number of hydrogen-bond acceptors (Lipinski definition) is 4. The summed E-state index contributed by atoms with van der Waals surface area (Å²) in [6.45, 7) is 0. The van der Waals surface area contributed by atoms with E-state index in [1.807, 2.05) is 0 Å². The van der Waals surface area contributed by atoms with Gasteiger partial charge in [0, 0.05) is 12.3 Å². The maximum atomic E-state index is 11.3. The van der Waals surface area contributed by atoms with Crippen LogP contribution in [0.4, 0.5) is 5.69 Å². The first-order chi connectivity index (χ1) is 9.27. The highest BCUT2D eigenvalue weighted by Crippen LogP contribution is 2.35. The van der Waals surface area contributed by atoms with Crippen LogP contribution in [-0.2, 0) is 9.84 Å². The van der Waals surface area contributed by atoms with Crippen LogP contribution < -0.4 is 10.5 Å². The molecule has 20 heavy (non-hydrogen) atoms. The number of hydrogen-bond donors (Lipinski definition) is 1. The van der Waals surface area contributed by atoms with Crippen LogP contribution in [0.25, 0.3) is 0 Å². The van der Waals surface area contributed by atoms with Crippen molar-refractivity contribution in [3.8, 4) is 11.5 Å². The van der Waals surface area contributed by atoms with E-state index in [1.165, 1.54) is 24.3 Å². The molecule has 0 fully saturated rings. The molecule has 7 heteroatoms. The monoisotopic (exact) mass is 331 g/mol. The van der Waals surface area contributed by atoms with Crippen molar-refractivity contribution in [3.05, 3.63) is 46.4 Å². The molecule has 0 spiro atoms. The molecule has 0 radical (unpaired) electrons. The van der Waals surface area contributed by atoms with E-state index in [0.717, 1.165) is 6.26 Å². The van der Waals surface area contributed by atoms with Crippen LogP contribution in [0, 0.1) is 0 Å². The molecular formula is C13H11Cl2NO3S. The fourth-order valence-corrected chi connectivity index (χ4v) is 2.47. The minimum Gasteiger partial charge on any atom is -0.455 e. The van der Waals surface area contributed by atoms with Gasteiger partial charge in [0.1, 0.15) is 5.75 Å². The van der Waals surface area contributed by atoms with Crippen LogP contribution >= 0.6 is 23.2 Å². The Balaban J connectivity index is 2.29. The zero-order valence-electron chi connectivity index (χ0n) is 10.4. The maximum absolute atomic E-state index is 11.3. The van der Waals surface area contributed by atoms with Crippen LogP contribution in [0.15, 0.2) is 41.3 Å². The van der Waals surface area contributed by atoms with Gasteiger partial charge >= 0.3 is 0 Å². The number of anilines is 1. The number of benzene rings is 2. The van der Waals surface area contributed by atoms with Crippen molar-refractivity contribution in [2.75, 3.05) is 12.0 Å². The van der Waals surface area contributed by atoms with Gasteiger partial charge in [-0.1, -0.05) is 23.2 Å². The van der Waals surface area contributed by atoms with Crippen molar-refractivity contribution >= 4 is 38.7 Å². The number of sulfone groups is 1. The Morgan fingerprint density at radius 2 is 1.60 bits per heavy atom. The highest BCUT2D eigenvalue weighted by molar-refractivity contribution is 7.90. The number of ether oxygens (including phenoxy) is 1. The predicted molar refractivity (Wildman–Crippen MR) is 80.5 cm³/mol. The molecule has 2 aromatic carbocycles. The number of nitrogen functional groups attached to an aromatic ring is 1. The molecule has 2 rings (SSSR count). The van der Waals surface area contributed by atoms with Gasteiger partial charge in [0.2, 0.25) is 0 Å². The van der Waals surface area contributed by atoms with Gasteiger partial charge in [-0.25, -0.2) is 8.42 Å². The van der Waals surface area contributed by atoms with E-state index >= 15 is 0 Å². The fraction of sp³-hybridized carbons (Fsp3) is 0.0769. The van der Waals surface area contributed by atoms with Crippen LogP contribution in [-0.4, -0.2) is 14.7 Å². The number of halogens is 2. The van der Waals surface area contributed by atoms with Crippen LogP contribution in [0.2, 0.25) is 10.0 Å². The molecule has 0 aliphatic carbocycles. The van der Waals surface area contributed by atoms with Crippen LogP contribution in [0.3, 0.4) is 0 Å². The molecule has 0 aromatic heterocycles. The molecule has 106 valence electrons. The highest BCUT2D eigenvalue weighted by atomic mass is 35.5. The maximum Gasteiger partial charge on any atom is 0.175 e. The zero-order chi connectivity index (χ0) is 14.9. The molecule has 2 aromatic rings. The number of rotatable bonds is 3. The normalized spacial score (nSPS) is 11.3. The molecule has 0 saturated carbocycles.